The smallest absolute Gasteiger partial charge is 0.128 e. The summed E-state index contributed by atoms with van der Waals surface area (Å²) in [5, 5.41) is 3.75. The van der Waals surface area contributed by atoms with Gasteiger partial charge in [0.15, 0.2) is 0 Å². The minimum Gasteiger partial charge on any atom is -0.355 e. The van der Waals surface area contributed by atoms with Gasteiger partial charge in [-0.05, 0) is 30.2 Å². The zero-order valence-electron chi connectivity index (χ0n) is 13.7. The fraction of sp³-hybridized carbons (Fsp3) is 0.444. The second kappa shape index (κ2) is 7.25. The molecule has 6 nitrogen and oxygen atoms in total. The molecule has 2 aromatic heterocycles. The average molecular weight is 324 g/mol. The summed E-state index contributed by atoms with van der Waals surface area (Å²) in [6.07, 6.45) is 6.81. The van der Waals surface area contributed by atoms with Gasteiger partial charge in [0.1, 0.15) is 5.82 Å². The lowest BCUT2D eigenvalue weighted by Crippen LogP contribution is -2.37. The van der Waals surface area contributed by atoms with Crippen molar-refractivity contribution in [1.29, 1.82) is 0 Å². The quantitative estimate of drug-likeness (QED) is 0.766. The summed E-state index contributed by atoms with van der Waals surface area (Å²) < 4.78 is 0. The molecule has 126 valence electrons. The first kappa shape index (κ1) is 15.5. The highest BCUT2D eigenvalue weighted by Gasteiger charge is 2.30. The highest BCUT2D eigenvalue weighted by molar-refractivity contribution is 5.39. The molecule has 4 heterocycles. The van der Waals surface area contributed by atoms with Crippen LogP contribution in [0.1, 0.15) is 18.0 Å². The van der Waals surface area contributed by atoms with Crippen LogP contribution in [0.25, 0.3) is 0 Å². The van der Waals surface area contributed by atoms with E-state index >= 15 is 0 Å². The van der Waals surface area contributed by atoms with Crippen LogP contribution in [0.2, 0.25) is 0 Å². The summed E-state index contributed by atoms with van der Waals surface area (Å²) in [5.74, 6) is 1.61. The normalized spacial score (nSPS) is 26.8. The molecule has 4 rings (SSSR count). The molecule has 0 amide bonds. The fourth-order valence-electron chi connectivity index (χ4n) is 3.63. The molecule has 0 saturated carbocycles. The standard InChI is InChI=1S/C18H24N6/c1-2-8-20-17(5-1)24-9-6-16(13-24)21-11-15-12-22-23-18(15)14-4-3-7-19-10-14/h1-5,7-8,10,15-16,18,21-23H,6,9,11-13H2. The van der Waals surface area contributed by atoms with Gasteiger partial charge in [-0.2, -0.15) is 0 Å². The molecule has 6 heteroatoms. The molecule has 0 bridgehead atoms. The van der Waals surface area contributed by atoms with E-state index < -0.39 is 0 Å². The van der Waals surface area contributed by atoms with Gasteiger partial charge in [-0.15, -0.1) is 0 Å². The van der Waals surface area contributed by atoms with Crippen LogP contribution >= 0.6 is 0 Å². The van der Waals surface area contributed by atoms with Crippen molar-refractivity contribution in [2.75, 3.05) is 31.1 Å². The Bertz CT molecular complexity index is 634. The topological polar surface area (TPSA) is 65.1 Å². The molecular weight excluding hydrogens is 300 g/mol. The van der Waals surface area contributed by atoms with Crippen molar-refractivity contribution in [2.45, 2.75) is 18.5 Å². The molecule has 2 aliphatic rings. The maximum Gasteiger partial charge on any atom is 0.128 e. The zero-order valence-corrected chi connectivity index (χ0v) is 13.7. The Hall–Kier alpha value is -2.02. The Morgan fingerprint density at radius 3 is 3.04 bits per heavy atom. The van der Waals surface area contributed by atoms with E-state index in [0.29, 0.717) is 18.0 Å². The summed E-state index contributed by atoms with van der Waals surface area (Å²) in [6, 6.07) is 11.1. The summed E-state index contributed by atoms with van der Waals surface area (Å²) in [6.45, 7) is 4.08. The van der Waals surface area contributed by atoms with Crippen LogP contribution in [-0.2, 0) is 0 Å². The minimum atomic E-state index is 0.319. The van der Waals surface area contributed by atoms with Crippen LogP contribution in [0.3, 0.4) is 0 Å². The first-order chi connectivity index (χ1) is 11.9. The second-order valence-corrected chi connectivity index (χ2v) is 6.58. The van der Waals surface area contributed by atoms with E-state index in [1.165, 1.54) is 12.0 Å². The summed E-state index contributed by atoms with van der Waals surface area (Å²) in [7, 11) is 0. The van der Waals surface area contributed by atoms with E-state index in [1.807, 2.05) is 30.7 Å². The number of hydrazine groups is 1. The molecule has 2 aromatic rings. The van der Waals surface area contributed by atoms with E-state index in [1.54, 1.807) is 0 Å². The van der Waals surface area contributed by atoms with Crippen LogP contribution < -0.4 is 21.1 Å². The van der Waals surface area contributed by atoms with Crippen molar-refractivity contribution in [3.8, 4) is 0 Å². The number of anilines is 1. The lowest BCUT2D eigenvalue weighted by molar-refractivity contribution is 0.414. The number of aromatic nitrogens is 2. The molecule has 2 fully saturated rings. The van der Waals surface area contributed by atoms with Crippen LogP contribution in [0.15, 0.2) is 48.9 Å². The maximum absolute atomic E-state index is 4.46. The Morgan fingerprint density at radius 1 is 1.21 bits per heavy atom. The molecule has 0 spiro atoms. The van der Waals surface area contributed by atoms with Crippen LogP contribution in [0.5, 0.6) is 0 Å². The lowest BCUT2D eigenvalue weighted by atomic mass is 9.96. The Morgan fingerprint density at radius 2 is 2.21 bits per heavy atom. The maximum atomic E-state index is 4.46. The second-order valence-electron chi connectivity index (χ2n) is 6.58. The van der Waals surface area contributed by atoms with Crippen molar-refractivity contribution in [3.63, 3.8) is 0 Å². The third-order valence-corrected chi connectivity index (χ3v) is 4.97. The third-order valence-electron chi connectivity index (χ3n) is 4.97. The number of hydrogen-bond acceptors (Lipinski definition) is 6. The highest BCUT2D eigenvalue weighted by atomic mass is 15.4. The van der Waals surface area contributed by atoms with Crippen molar-refractivity contribution in [1.82, 2.24) is 26.1 Å². The molecule has 2 saturated heterocycles. The number of nitrogens with one attached hydrogen (secondary N) is 3. The molecule has 0 aromatic carbocycles. The predicted molar refractivity (Wildman–Crippen MR) is 94.5 cm³/mol. The predicted octanol–water partition coefficient (Wildman–Crippen LogP) is 1.11. The molecule has 24 heavy (non-hydrogen) atoms. The highest BCUT2D eigenvalue weighted by Crippen LogP contribution is 2.24. The Labute approximate surface area is 142 Å². The number of hydrogen-bond donors (Lipinski definition) is 3. The van der Waals surface area contributed by atoms with Gasteiger partial charge in [-0.25, -0.2) is 10.4 Å². The summed E-state index contributed by atoms with van der Waals surface area (Å²) in [4.78, 5) is 11.1. The van der Waals surface area contributed by atoms with Gasteiger partial charge >= 0.3 is 0 Å². The molecular formula is C18H24N6. The third kappa shape index (κ3) is 3.40. The minimum absolute atomic E-state index is 0.319. The van der Waals surface area contributed by atoms with E-state index in [0.717, 1.165) is 32.0 Å². The fourth-order valence-corrected chi connectivity index (χ4v) is 3.63. The van der Waals surface area contributed by atoms with Crippen molar-refractivity contribution < 1.29 is 0 Å². The van der Waals surface area contributed by atoms with Crippen molar-refractivity contribution in [2.24, 2.45) is 5.92 Å². The van der Waals surface area contributed by atoms with Gasteiger partial charge in [0.05, 0.1) is 6.04 Å². The molecule has 3 atom stereocenters. The van der Waals surface area contributed by atoms with Gasteiger partial charge in [0, 0.05) is 56.7 Å². The number of nitrogens with zero attached hydrogens (tertiary/aromatic N) is 3. The SMILES string of the molecule is c1ccc(N2CCC(NCC3CNNC3c3cccnc3)C2)nc1. The molecule has 0 aliphatic carbocycles. The Kier molecular flexibility index (Phi) is 4.69. The van der Waals surface area contributed by atoms with Gasteiger partial charge in [0.2, 0.25) is 0 Å². The summed E-state index contributed by atoms with van der Waals surface area (Å²) >= 11 is 0. The van der Waals surface area contributed by atoms with Gasteiger partial charge in [0.25, 0.3) is 0 Å². The van der Waals surface area contributed by atoms with E-state index in [4.69, 9.17) is 0 Å². The Balaban J connectivity index is 1.31. The average Bonchev–Trinajstić information content (AvgIpc) is 3.31. The molecule has 3 unspecified atom stereocenters. The monoisotopic (exact) mass is 324 g/mol. The van der Waals surface area contributed by atoms with Gasteiger partial charge in [-0.1, -0.05) is 12.1 Å². The molecule has 3 N–H and O–H groups in total. The van der Waals surface area contributed by atoms with Crippen molar-refractivity contribution >= 4 is 5.82 Å². The summed E-state index contributed by atoms with van der Waals surface area (Å²) in [5.41, 5.74) is 7.92. The first-order valence-electron chi connectivity index (χ1n) is 8.68. The molecule has 2 aliphatic heterocycles. The van der Waals surface area contributed by atoms with Crippen molar-refractivity contribution in [3.05, 3.63) is 54.5 Å². The van der Waals surface area contributed by atoms with E-state index in [2.05, 4.69) is 49.2 Å². The first-order valence-corrected chi connectivity index (χ1v) is 8.68. The van der Waals surface area contributed by atoms with Gasteiger partial charge in [-0.3, -0.25) is 10.4 Å². The largest absolute Gasteiger partial charge is 0.355 e. The number of rotatable bonds is 5. The number of pyridine rings is 2. The zero-order chi connectivity index (χ0) is 16.2. The lowest BCUT2D eigenvalue weighted by Gasteiger charge is -2.22. The van der Waals surface area contributed by atoms with Crippen LogP contribution in [-0.4, -0.2) is 42.2 Å². The van der Waals surface area contributed by atoms with E-state index in [9.17, 15) is 0 Å². The van der Waals surface area contributed by atoms with Crippen LogP contribution in [0.4, 0.5) is 5.82 Å². The van der Waals surface area contributed by atoms with Gasteiger partial charge < -0.3 is 10.2 Å². The molecule has 0 radical (unpaired) electrons. The van der Waals surface area contributed by atoms with E-state index in [-0.39, 0.29) is 0 Å². The van der Waals surface area contributed by atoms with Crippen LogP contribution in [0, 0.1) is 5.92 Å².